The fraction of sp³-hybridized carbons (Fsp3) is 0.562. The quantitative estimate of drug-likeness (QED) is 0.844. The summed E-state index contributed by atoms with van der Waals surface area (Å²) in [5.41, 5.74) is 2.32. The monoisotopic (exact) mass is 275 g/mol. The minimum atomic E-state index is 0.169. The molecule has 2 rings (SSSR count). The summed E-state index contributed by atoms with van der Waals surface area (Å²) < 4.78 is 7.46. The third-order valence-corrected chi connectivity index (χ3v) is 3.84. The molecule has 2 atom stereocenters. The van der Waals surface area contributed by atoms with E-state index in [0.29, 0.717) is 6.04 Å². The fourth-order valence-electron chi connectivity index (χ4n) is 2.55. The first-order valence-electron chi connectivity index (χ1n) is 7.34. The zero-order valence-corrected chi connectivity index (χ0v) is 12.9. The first-order chi connectivity index (χ1) is 9.67. The molecule has 2 aromatic rings. The molecule has 1 N–H and O–H groups in total. The summed E-state index contributed by atoms with van der Waals surface area (Å²) in [7, 11) is 3.77. The molecule has 0 saturated heterocycles. The van der Waals surface area contributed by atoms with Crippen molar-refractivity contribution in [3.8, 4) is 0 Å². The lowest BCUT2D eigenvalue weighted by molar-refractivity contribution is 0.0828. The van der Waals surface area contributed by atoms with Gasteiger partial charge in [-0.3, -0.25) is 4.68 Å². The summed E-state index contributed by atoms with van der Waals surface area (Å²) in [6, 6.07) is 8.67. The smallest absolute Gasteiger partial charge is 0.0719 e. The molecule has 0 aliphatic carbocycles. The Hall–Kier alpha value is -1.39. The minimum Gasteiger partial charge on any atom is -0.380 e. The standard InChI is InChI=1S/C16H25N3O/c1-5-10-17-14(12(2)20-4)11-15-13-8-6-7-9-16(13)19(3)18-15/h6-9,12,14,17H,5,10-11H2,1-4H3. The van der Waals surface area contributed by atoms with Crippen molar-refractivity contribution in [2.75, 3.05) is 13.7 Å². The topological polar surface area (TPSA) is 39.1 Å². The van der Waals surface area contributed by atoms with Gasteiger partial charge in [0, 0.05) is 32.0 Å². The highest BCUT2D eigenvalue weighted by Gasteiger charge is 2.19. The lowest BCUT2D eigenvalue weighted by Crippen LogP contribution is -2.41. The van der Waals surface area contributed by atoms with Crippen LogP contribution in [0.4, 0.5) is 0 Å². The Morgan fingerprint density at radius 1 is 1.35 bits per heavy atom. The number of hydrogen-bond acceptors (Lipinski definition) is 3. The molecular weight excluding hydrogens is 250 g/mol. The molecular formula is C16H25N3O. The fourth-order valence-corrected chi connectivity index (χ4v) is 2.55. The summed E-state index contributed by atoms with van der Waals surface area (Å²) in [6.07, 6.45) is 2.18. The number of aryl methyl sites for hydroxylation is 1. The Labute approximate surface area is 121 Å². The molecule has 1 heterocycles. The van der Waals surface area contributed by atoms with Gasteiger partial charge in [0.2, 0.25) is 0 Å². The number of hydrogen-bond donors (Lipinski definition) is 1. The van der Waals surface area contributed by atoms with Crippen LogP contribution in [-0.4, -0.2) is 35.6 Å². The summed E-state index contributed by atoms with van der Waals surface area (Å²) in [6.45, 7) is 5.29. The zero-order valence-electron chi connectivity index (χ0n) is 12.9. The number of methoxy groups -OCH3 is 1. The first kappa shape index (κ1) is 15.0. The Morgan fingerprint density at radius 2 is 2.10 bits per heavy atom. The van der Waals surface area contributed by atoms with Crippen LogP contribution in [0.1, 0.15) is 26.0 Å². The lowest BCUT2D eigenvalue weighted by atomic mass is 10.0. The second kappa shape index (κ2) is 6.86. The molecule has 0 spiro atoms. The van der Waals surface area contributed by atoms with Gasteiger partial charge in [-0.2, -0.15) is 5.10 Å². The van der Waals surface area contributed by atoms with Crippen molar-refractivity contribution in [2.45, 2.75) is 38.8 Å². The zero-order chi connectivity index (χ0) is 14.5. The number of ether oxygens (including phenoxy) is 1. The molecule has 0 bridgehead atoms. The van der Waals surface area contributed by atoms with Crippen molar-refractivity contribution in [1.82, 2.24) is 15.1 Å². The van der Waals surface area contributed by atoms with Crippen LogP contribution in [0, 0.1) is 0 Å². The van der Waals surface area contributed by atoms with Crippen LogP contribution < -0.4 is 5.32 Å². The number of rotatable bonds is 7. The van der Waals surface area contributed by atoms with E-state index in [4.69, 9.17) is 4.74 Å². The number of benzene rings is 1. The molecule has 2 unspecified atom stereocenters. The lowest BCUT2D eigenvalue weighted by Gasteiger charge is -2.23. The van der Waals surface area contributed by atoms with E-state index >= 15 is 0 Å². The highest BCUT2D eigenvalue weighted by molar-refractivity contribution is 5.81. The van der Waals surface area contributed by atoms with Crippen LogP contribution in [0.2, 0.25) is 0 Å². The van der Waals surface area contributed by atoms with Crippen molar-refractivity contribution in [2.24, 2.45) is 7.05 Å². The van der Waals surface area contributed by atoms with Crippen molar-refractivity contribution in [3.05, 3.63) is 30.0 Å². The van der Waals surface area contributed by atoms with E-state index in [1.807, 2.05) is 11.7 Å². The van der Waals surface area contributed by atoms with Crippen molar-refractivity contribution in [3.63, 3.8) is 0 Å². The van der Waals surface area contributed by atoms with Crippen LogP contribution in [0.3, 0.4) is 0 Å². The van der Waals surface area contributed by atoms with E-state index in [9.17, 15) is 0 Å². The third kappa shape index (κ3) is 3.19. The highest BCUT2D eigenvalue weighted by atomic mass is 16.5. The molecule has 110 valence electrons. The summed E-state index contributed by atoms with van der Waals surface area (Å²) in [5.74, 6) is 0. The van der Waals surface area contributed by atoms with Gasteiger partial charge in [-0.1, -0.05) is 25.1 Å². The predicted molar refractivity (Wildman–Crippen MR) is 83.0 cm³/mol. The number of para-hydroxylation sites is 1. The van der Waals surface area contributed by atoms with Gasteiger partial charge in [0.15, 0.2) is 0 Å². The van der Waals surface area contributed by atoms with E-state index in [2.05, 4.69) is 48.5 Å². The molecule has 0 radical (unpaired) electrons. The molecule has 4 heteroatoms. The SMILES string of the molecule is CCCNC(Cc1nn(C)c2ccccc12)C(C)OC. The van der Waals surface area contributed by atoms with Crippen LogP contribution in [-0.2, 0) is 18.2 Å². The van der Waals surface area contributed by atoms with E-state index in [1.54, 1.807) is 7.11 Å². The van der Waals surface area contributed by atoms with Gasteiger partial charge in [-0.05, 0) is 26.0 Å². The van der Waals surface area contributed by atoms with Crippen molar-refractivity contribution in [1.29, 1.82) is 0 Å². The number of fused-ring (bicyclic) bond motifs is 1. The van der Waals surface area contributed by atoms with Gasteiger partial charge >= 0.3 is 0 Å². The molecule has 0 fully saturated rings. The van der Waals surface area contributed by atoms with Crippen LogP contribution in [0.15, 0.2) is 24.3 Å². The molecule has 0 amide bonds. The van der Waals surface area contributed by atoms with Gasteiger partial charge in [0.25, 0.3) is 0 Å². The van der Waals surface area contributed by atoms with Gasteiger partial charge in [-0.25, -0.2) is 0 Å². The van der Waals surface area contributed by atoms with Gasteiger partial charge in [0.1, 0.15) is 0 Å². The summed E-state index contributed by atoms with van der Waals surface area (Å²) in [4.78, 5) is 0. The second-order valence-corrected chi connectivity index (χ2v) is 5.29. The maximum atomic E-state index is 5.50. The second-order valence-electron chi connectivity index (χ2n) is 5.29. The average molecular weight is 275 g/mol. The van der Waals surface area contributed by atoms with Crippen LogP contribution >= 0.6 is 0 Å². The number of aromatic nitrogens is 2. The number of nitrogens with zero attached hydrogens (tertiary/aromatic N) is 2. The molecule has 0 aliphatic rings. The van der Waals surface area contributed by atoms with Gasteiger partial charge < -0.3 is 10.1 Å². The first-order valence-corrected chi connectivity index (χ1v) is 7.34. The molecule has 0 aliphatic heterocycles. The minimum absolute atomic E-state index is 0.169. The van der Waals surface area contributed by atoms with E-state index < -0.39 is 0 Å². The summed E-state index contributed by atoms with van der Waals surface area (Å²) in [5, 5.41) is 9.48. The van der Waals surface area contributed by atoms with Gasteiger partial charge in [0.05, 0.1) is 17.3 Å². The Balaban J connectivity index is 2.23. The van der Waals surface area contributed by atoms with Crippen LogP contribution in [0.5, 0.6) is 0 Å². The normalized spacial score (nSPS) is 14.6. The summed E-state index contributed by atoms with van der Waals surface area (Å²) >= 11 is 0. The Kier molecular flexibility index (Phi) is 5.15. The maximum absolute atomic E-state index is 5.50. The van der Waals surface area contributed by atoms with E-state index in [0.717, 1.165) is 25.1 Å². The predicted octanol–water partition coefficient (Wildman–Crippen LogP) is 2.52. The van der Waals surface area contributed by atoms with Crippen LogP contribution in [0.25, 0.3) is 10.9 Å². The Morgan fingerprint density at radius 3 is 2.80 bits per heavy atom. The van der Waals surface area contributed by atoms with Crippen molar-refractivity contribution >= 4 is 10.9 Å². The molecule has 4 nitrogen and oxygen atoms in total. The largest absolute Gasteiger partial charge is 0.380 e. The molecule has 1 aromatic heterocycles. The van der Waals surface area contributed by atoms with Gasteiger partial charge in [-0.15, -0.1) is 0 Å². The third-order valence-electron chi connectivity index (χ3n) is 3.84. The highest BCUT2D eigenvalue weighted by Crippen LogP contribution is 2.19. The molecule has 1 aromatic carbocycles. The van der Waals surface area contributed by atoms with Crippen molar-refractivity contribution < 1.29 is 4.74 Å². The maximum Gasteiger partial charge on any atom is 0.0719 e. The Bertz CT molecular complexity index is 550. The molecule has 0 saturated carbocycles. The van der Waals surface area contributed by atoms with E-state index in [1.165, 1.54) is 10.9 Å². The van der Waals surface area contributed by atoms with E-state index in [-0.39, 0.29) is 6.10 Å². The molecule has 20 heavy (non-hydrogen) atoms. The average Bonchev–Trinajstić information content (AvgIpc) is 2.79. The number of nitrogens with one attached hydrogen (secondary N) is 1.